The number of carbonyl (C=O) groups excluding carboxylic acids is 2. The van der Waals surface area contributed by atoms with Crippen LogP contribution < -0.4 is 11.1 Å². The molecule has 2 aromatic heterocycles. The number of carbonyl (C=O) groups is 2. The van der Waals surface area contributed by atoms with Gasteiger partial charge in [-0.15, -0.1) is 0 Å². The van der Waals surface area contributed by atoms with Crippen LogP contribution in [0.5, 0.6) is 0 Å². The van der Waals surface area contributed by atoms with Crippen molar-refractivity contribution in [1.29, 1.82) is 0 Å². The molecule has 6 rings (SSSR count). The van der Waals surface area contributed by atoms with E-state index >= 15 is 0 Å². The molecule has 0 bridgehead atoms. The molecule has 38 heavy (non-hydrogen) atoms. The van der Waals surface area contributed by atoms with Crippen LogP contribution in [0.4, 0.5) is 11.5 Å². The molecule has 1 saturated carbocycles. The molecule has 1 aromatic carbocycles. The van der Waals surface area contributed by atoms with Crippen molar-refractivity contribution in [2.75, 3.05) is 17.6 Å². The average Bonchev–Trinajstić information content (AvgIpc) is 3.23. The molecule has 0 radical (unpaired) electrons. The Bertz CT molecular complexity index is 1500. The third kappa shape index (κ3) is 3.90. The minimum Gasteiger partial charge on any atom is -0.383 e. The fourth-order valence-corrected chi connectivity index (χ4v) is 6.56. The number of aryl methyl sites for hydroxylation is 1. The lowest BCUT2D eigenvalue weighted by molar-refractivity contribution is -0.135. The van der Waals surface area contributed by atoms with Crippen molar-refractivity contribution in [3.8, 4) is 11.3 Å². The molecular formula is C30H34N6O2. The summed E-state index contributed by atoms with van der Waals surface area (Å²) >= 11 is 0. The van der Waals surface area contributed by atoms with Gasteiger partial charge in [-0.2, -0.15) is 0 Å². The number of benzene rings is 1. The van der Waals surface area contributed by atoms with E-state index < -0.39 is 0 Å². The minimum atomic E-state index is -0.205. The van der Waals surface area contributed by atoms with Crippen LogP contribution in [-0.2, 0) is 16.6 Å². The number of likely N-dealkylation sites (tertiary alicyclic amines) is 1. The van der Waals surface area contributed by atoms with Gasteiger partial charge in [0.1, 0.15) is 17.8 Å². The number of nitrogens with zero attached hydrogens (tertiary/aromatic N) is 4. The van der Waals surface area contributed by atoms with Gasteiger partial charge in [0.05, 0.1) is 11.1 Å². The zero-order valence-electron chi connectivity index (χ0n) is 22.2. The van der Waals surface area contributed by atoms with Crippen molar-refractivity contribution in [3.05, 3.63) is 54.4 Å². The summed E-state index contributed by atoms with van der Waals surface area (Å²) in [5.74, 6) is 1.98. The number of rotatable bonds is 5. The Labute approximate surface area is 222 Å². The van der Waals surface area contributed by atoms with Crippen LogP contribution in [-0.4, -0.2) is 43.8 Å². The van der Waals surface area contributed by atoms with Gasteiger partial charge in [0, 0.05) is 42.4 Å². The van der Waals surface area contributed by atoms with Gasteiger partial charge in [-0.3, -0.25) is 9.59 Å². The van der Waals surface area contributed by atoms with E-state index in [-0.39, 0.29) is 11.8 Å². The molecule has 2 amide bonds. The Morgan fingerprint density at radius 2 is 1.92 bits per heavy atom. The van der Waals surface area contributed by atoms with Crippen LogP contribution >= 0.6 is 0 Å². The maximum absolute atomic E-state index is 13.4. The summed E-state index contributed by atoms with van der Waals surface area (Å²) in [7, 11) is 1.99. The number of anilines is 2. The van der Waals surface area contributed by atoms with E-state index in [9.17, 15) is 9.59 Å². The van der Waals surface area contributed by atoms with E-state index in [2.05, 4.69) is 44.3 Å². The van der Waals surface area contributed by atoms with Crippen LogP contribution in [0.3, 0.4) is 0 Å². The fourth-order valence-electron chi connectivity index (χ4n) is 6.56. The molecule has 8 heteroatoms. The number of nitrogen functional groups attached to an aromatic ring is 1. The van der Waals surface area contributed by atoms with Crippen LogP contribution in [0, 0.1) is 17.8 Å². The van der Waals surface area contributed by atoms with Gasteiger partial charge in [-0.25, -0.2) is 9.97 Å². The first-order valence-electron chi connectivity index (χ1n) is 13.4. The summed E-state index contributed by atoms with van der Waals surface area (Å²) in [6, 6.07) is 8.23. The van der Waals surface area contributed by atoms with Gasteiger partial charge in [0.25, 0.3) is 5.91 Å². The second kappa shape index (κ2) is 9.11. The number of aromatic nitrogens is 3. The van der Waals surface area contributed by atoms with E-state index in [0.717, 1.165) is 66.0 Å². The molecule has 3 aromatic rings. The first-order chi connectivity index (χ1) is 18.3. The molecule has 0 spiro atoms. The second-order valence-corrected chi connectivity index (χ2v) is 11.1. The summed E-state index contributed by atoms with van der Waals surface area (Å²) in [5, 5.41) is 3.70. The van der Waals surface area contributed by atoms with Crippen molar-refractivity contribution in [1.82, 2.24) is 19.4 Å². The van der Waals surface area contributed by atoms with Crippen molar-refractivity contribution in [2.24, 2.45) is 24.8 Å². The molecule has 4 atom stereocenters. The second-order valence-electron chi connectivity index (χ2n) is 11.1. The smallest absolute Gasteiger partial charge is 0.250 e. The van der Waals surface area contributed by atoms with E-state index in [1.165, 1.54) is 11.9 Å². The monoisotopic (exact) mass is 510 g/mol. The number of allylic oxidation sites excluding steroid dienone is 2. The lowest BCUT2D eigenvalue weighted by Gasteiger charge is -2.28. The fraction of sp³-hybridized carbons (Fsp3) is 0.400. The molecule has 1 aliphatic heterocycles. The predicted octanol–water partition coefficient (Wildman–Crippen LogP) is 4.78. The number of fused-ring (bicyclic) bond motifs is 2. The van der Waals surface area contributed by atoms with E-state index in [0.29, 0.717) is 34.9 Å². The van der Waals surface area contributed by atoms with Gasteiger partial charge < -0.3 is 20.5 Å². The molecule has 8 nitrogen and oxygen atoms in total. The topological polar surface area (TPSA) is 106 Å². The standard InChI is InChI=1S/C30H34N6O2/c1-16(2)29(37)34-21-11-9-19(10-12-21)26-23(24-27(31)32-15-33-28(24)35(26)4)18-5-7-20(8-6-18)30(38)36-14-13-22-17(3)25(22)36/h5,9-12,15,17,20,22,25H,1,6-8,13-14H2,2-4H3,(H,34,37)(H2,31,32,33)/t17?,20-,22-,25+/m0/s1. The largest absolute Gasteiger partial charge is 0.383 e. The molecule has 3 N–H and O–H groups in total. The number of piperidine rings is 1. The third-order valence-electron chi connectivity index (χ3n) is 8.74. The molecule has 2 aliphatic carbocycles. The van der Waals surface area contributed by atoms with E-state index in [4.69, 9.17) is 5.73 Å². The molecule has 2 fully saturated rings. The summed E-state index contributed by atoms with van der Waals surface area (Å²) in [6.07, 6.45) is 7.21. The summed E-state index contributed by atoms with van der Waals surface area (Å²) in [4.78, 5) is 36.4. The van der Waals surface area contributed by atoms with Gasteiger partial charge in [0.15, 0.2) is 0 Å². The molecule has 3 aliphatic rings. The van der Waals surface area contributed by atoms with Crippen molar-refractivity contribution >= 4 is 39.9 Å². The quantitative estimate of drug-likeness (QED) is 0.481. The maximum atomic E-state index is 13.4. The molecule has 1 saturated heterocycles. The highest BCUT2D eigenvalue weighted by Gasteiger charge is 2.56. The number of nitrogens with two attached hydrogens (primary N) is 1. The van der Waals surface area contributed by atoms with E-state index in [1.54, 1.807) is 6.92 Å². The number of amides is 2. The summed E-state index contributed by atoms with van der Waals surface area (Å²) < 4.78 is 2.06. The summed E-state index contributed by atoms with van der Waals surface area (Å²) in [5.41, 5.74) is 12.5. The molecule has 3 heterocycles. The van der Waals surface area contributed by atoms with Crippen LogP contribution in [0.15, 0.2) is 48.8 Å². The number of nitrogens with one attached hydrogen (secondary N) is 1. The summed E-state index contributed by atoms with van der Waals surface area (Å²) in [6.45, 7) is 8.56. The first kappa shape index (κ1) is 24.4. The highest BCUT2D eigenvalue weighted by molar-refractivity contribution is 6.05. The van der Waals surface area contributed by atoms with Gasteiger partial charge in [-0.05, 0) is 67.7 Å². The Kier molecular flexibility index (Phi) is 5.85. The Balaban J connectivity index is 1.34. The zero-order valence-corrected chi connectivity index (χ0v) is 22.2. The highest BCUT2D eigenvalue weighted by Crippen LogP contribution is 2.51. The molecular weight excluding hydrogens is 476 g/mol. The average molecular weight is 511 g/mol. The van der Waals surface area contributed by atoms with Crippen LogP contribution in [0.2, 0.25) is 0 Å². The van der Waals surface area contributed by atoms with Gasteiger partial charge >= 0.3 is 0 Å². The molecule has 1 unspecified atom stereocenters. The number of hydrogen-bond donors (Lipinski definition) is 2. The number of hydrogen-bond acceptors (Lipinski definition) is 5. The first-order valence-corrected chi connectivity index (χ1v) is 13.4. The van der Waals surface area contributed by atoms with Crippen LogP contribution in [0.1, 0.15) is 45.1 Å². The van der Waals surface area contributed by atoms with Gasteiger partial charge in [0.2, 0.25) is 5.91 Å². The van der Waals surface area contributed by atoms with Crippen molar-refractivity contribution in [3.63, 3.8) is 0 Å². The lowest BCUT2D eigenvalue weighted by Crippen LogP contribution is -2.37. The minimum absolute atomic E-state index is 0.0357. The van der Waals surface area contributed by atoms with E-state index in [1.807, 2.05) is 31.3 Å². The lowest BCUT2D eigenvalue weighted by atomic mass is 9.84. The van der Waals surface area contributed by atoms with Crippen molar-refractivity contribution in [2.45, 2.75) is 45.6 Å². The highest BCUT2D eigenvalue weighted by atomic mass is 16.2. The van der Waals surface area contributed by atoms with Crippen LogP contribution in [0.25, 0.3) is 27.9 Å². The SMILES string of the molecule is C=C(C)C(=O)Nc1ccc(-c2c(C3=CC[C@H](C(=O)N4CC[C@H]5C(C)[C@H]54)CC3)c3c(N)ncnc3n2C)cc1. The predicted molar refractivity (Wildman–Crippen MR) is 150 cm³/mol. The Morgan fingerprint density at radius 1 is 1.16 bits per heavy atom. The normalized spacial score (nSPS) is 24.2. The van der Waals surface area contributed by atoms with Gasteiger partial charge in [-0.1, -0.05) is 31.7 Å². The Morgan fingerprint density at radius 3 is 2.55 bits per heavy atom. The maximum Gasteiger partial charge on any atom is 0.250 e. The van der Waals surface area contributed by atoms with Crippen molar-refractivity contribution < 1.29 is 9.59 Å². The molecule has 196 valence electrons. The third-order valence-corrected chi connectivity index (χ3v) is 8.74. The zero-order chi connectivity index (χ0) is 26.7. The Hall–Kier alpha value is -3.94.